The van der Waals surface area contributed by atoms with E-state index in [1.165, 1.54) is 24.8 Å². The van der Waals surface area contributed by atoms with Crippen molar-refractivity contribution in [3.63, 3.8) is 0 Å². The lowest BCUT2D eigenvalue weighted by atomic mass is 9.83. The van der Waals surface area contributed by atoms with Gasteiger partial charge in [-0.25, -0.2) is 18.1 Å². The van der Waals surface area contributed by atoms with Crippen molar-refractivity contribution in [3.05, 3.63) is 210 Å². The fourth-order valence-corrected chi connectivity index (χ4v) is 20.6. The number of pyridine rings is 8. The molecule has 4 amide bonds. The topological polar surface area (TPSA) is 488 Å². The van der Waals surface area contributed by atoms with Crippen LogP contribution in [-0.2, 0) is 18.9 Å². The van der Waals surface area contributed by atoms with Crippen LogP contribution in [0.1, 0.15) is 247 Å². The Kier molecular flexibility index (Phi) is 30.6. The molecule has 0 aliphatic heterocycles. The number of nitrogens with zero attached hydrogens (tertiary/aromatic N) is 12. The van der Waals surface area contributed by atoms with Crippen LogP contribution in [0.3, 0.4) is 0 Å². The van der Waals surface area contributed by atoms with Gasteiger partial charge in [-0.05, 0) is 255 Å². The molecule has 12 aromatic heterocycles. The average Bonchev–Trinajstić information content (AvgIpc) is 1.64. The van der Waals surface area contributed by atoms with Gasteiger partial charge in [-0.3, -0.25) is 38.4 Å². The van der Waals surface area contributed by atoms with Crippen LogP contribution >= 0.6 is 0 Å². The Morgan fingerprint density at radius 1 is 0.306 bits per heavy atom. The predicted molar refractivity (Wildman–Crippen MR) is 553 cm³/mol. The Labute approximate surface area is 833 Å². The summed E-state index contributed by atoms with van der Waals surface area (Å²) in [6, 6.07) is 28.8. The summed E-state index contributed by atoms with van der Waals surface area (Å²) in [5.41, 5.74) is 7.68. The molecule has 20 rings (SSSR count). The molecule has 16 N–H and O–H groups in total. The molecule has 768 valence electrons. The molecule has 8 fully saturated rings. The summed E-state index contributed by atoms with van der Waals surface area (Å²) < 4.78 is 36.5. The summed E-state index contributed by atoms with van der Waals surface area (Å²) in [5, 5.41) is 93.8. The van der Waals surface area contributed by atoms with E-state index in [9.17, 15) is 58.8 Å². The van der Waals surface area contributed by atoms with Crippen LogP contribution in [0.2, 0.25) is 0 Å². The van der Waals surface area contributed by atoms with Crippen molar-refractivity contribution in [2.24, 2.45) is 0 Å². The predicted octanol–water partition coefficient (Wildman–Crippen LogP) is 12.2. The molecule has 8 saturated carbocycles. The zero-order valence-corrected chi connectivity index (χ0v) is 83.8. The lowest BCUT2D eigenvalue weighted by Gasteiger charge is -2.36. The van der Waals surface area contributed by atoms with Gasteiger partial charge in [0.15, 0.2) is 0 Å². The molecule has 12 heterocycles. The van der Waals surface area contributed by atoms with Gasteiger partial charge in [-0.2, -0.15) is 20.4 Å². The number of ether oxygens (including phenoxy) is 4. The summed E-state index contributed by atoms with van der Waals surface area (Å²) in [4.78, 5) is 105. The molecule has 0 saturated heterocycles. The molecule has 0 bridgehead atoms. The Morgan fingerprint density at radius 3 is 0.660 bits per heavy atom. The maximum atomic E-state index is 13.4. The highest BCUT2D eigenvalue weighted by molar-refractivity contribution is 6.04. The normalized spacial score (nSPS) is 25.8. The van der Waals surface area contributed by atoms with E-state index in [1.807, 2.05) is 91.6 Å². The lowest BCUT2D eigenvalue weighted by molar-refractivity contribution is -0.0326. The highest BCUT2D eigenvalue weighted by Crippen LogP contribution is 2.43. The monoisotopic (exact) mass is 1980 g/mol. The van der Waals surface area contributed by atoms with Crippen LogP contribution in [-0.4, -0.2) is 228 Å². The molecule has 144 heavy (non-hydrogen) atoms. The number of methoxy groups -OCH3 is 4. The Bertz CT molecular complexity index is 6110. The Hall–Kier alpha value is -13.5. The van der Waals surface area contributed by atoms with Gasteiger partial charge in [0.2, 0.25) is 0 Å². The Morgan fingerprint density at radius 2 is 0.500 bits per heavy atom. The fourth-order valence-electron chi connectivity index (χ4n) is 20.6. The second-order valence-electron chi connectivity index (χ2n) is 40.4. The minimum absolute atomic E-state index is 0.0835. The van der Waals surface area contributed by atoms with E-state index in [0.717, 1.165) is 128 Å². The maximum Gasteiger partial charge on any atom is 0.274 e. The highest BCUT2D eigenvalue weighted by atomic mass is 16.5. The van der Waals surface area contributed by atoms with Crippen molar-refractivity contribution in [1.82, 2.24) is 78.0 Å². The number of amides is 4. The number of hydrogen-bond donors (Lipinski definition) is 16. The number of aliphatic hydroxyl groups excluding tert-OH is 4. The second kappa shape index (κ2) is 43.2. The number of carbonyl (C=O) groups is 4. The van der Waals surface area contributed by atoms with Gasteiger partial charge in [-0.1, -0.05) is 0 Å². The van der Waals surface area contributed by atoms with Crippen molar-refractivity contribution in [3.8, 4) is 0 Å². The summed E-state index contributed by atoms with van der Waals surface area (Å²) in [6.45, 7) is 8.50. The van der Waals surface area contributed by atoms with Gasteiger partial charge in [0.1, 0.15) is 46.0 Å². The fraction of sp³-hybridized carbons (Fsp3) is 0.500. The van der Waals surface area contributed by atoms with Crippen molar-refractivity contribution in [1.29, 1.82) is 0 Å². The molecule has 12 aromatic rings. The summed E-state index contributed by atoms with van der Waals surface area (Å²) in [6.07, 6.45) is 31.6. The van der Waals surface area contributed by atoms with Crippen LogP contribution in [0.25, 0.3) is 22.1 Å². The maximum absolute atomic E-state index is 13.4. The molecule has 8 aliphatic carbocycles. The van der Waals surface area contributed by atoms with Gasteiger partial charge >= 0.3 is 0 Å². The van der Waals surface area contributed by atoms with Crippen LogP contribution in [0.15, 0.2) is 166 Å². The largest absolute Gasteiger partial charge is 0.391 e. The molecule has 2 unspecified atom stereocenters. The third-order valence-corrected chi connectivity index (χ3v) is 31.3. The summed E-state index contributed by atoms with van der Waals surface area (Å²) in [7, 11) is 14.1. The molecular weight excluding hydrogens is 1840 g/mol. The minimum atomic E-state index is -0.506. The van der Waals surface area contributed by atoms with Gasteiger partial charge < -0.3 is 121 Å². The third-order valence-electron chi connectivity index (χ3n) is 31.3. The second-order valence-corrected chi connectivity index (χ2v) is 40.4. The van der Waals surface area contributed by atoms with E-state index in [2.05, 4.69) is 112 Å². The van der Waals surface area contributed by atoms with Gasteiger partial charge in [-0.15, -0.1) is 0 Å². The van der Waals surface area contributed by atoms with E-state index in [4.69, 9.17) is 18.9 Å². The first-order valence-corrected chi connectivity index (χ1v) is 50.1. The van der Waals surface area contributed by atoms with Crippen molar-refractivity contribution < 1.29 is 58.6 Å². The SMILES string of the molecule is CNc1cc(Nc2cccn(C3CCC(C)(OC)CC3)c2=O)cc2c(C(=O)NC3CC[C@H]3O)cnn12.CNc1cc(Nc2cccn(C3CCC(C)(OC)CC3)c2=O)cc2c(C(=O)NC3CC[C@H]3O)cnn12.CNc1cc(Nc2cccn(C3CCC(C)(OC)CC3)c2=O)cc2c(C(=O)N[C@@H]3CC[C@@H]3O)cnn12.CNc1cc(Nc2cccn(C3CCC(C)(OC)CC3)c2=O)cc2c(C(=O)N[C@H]3CC[C@H]3O)cnn12. The molecule has 8 aliphatic rings. The van der Waals surface area contributed by atoms with Gasteiger partial charge in [0, 0.05) is 153 Å². The van der Waals surface area contributed by atoms with E-state index in [1.54, 1.807) is 123 Å². The summed E-state index contributed by atoms with van der Waals surface area (Å²) in [5.74, 6) is 1.54. The summed E-state index contributed by atoms with van der Waals surface area (Å²) >= 11 is 0. The van der Waals surface area contributed by atoms with Crippen LogP contribution in [0, 0.1) is 0 Å². The van der Waals surface area contributed by atoms with E-state index in [0.29, 0.717) is 139 Å². The number of anilines is 12. The van der Waals surface area contributed by atoms with Crippen LogP contribution in [0.5, 0.6) is 0 Å². The minimum Gasteiger partial charge on any atom is -0.391 e. The molecular formula is C104H136N24O16. The van der Waals surface area contributed by atoms with Crippen molar-refractivity contribution >= 4 is 114 Å². The van der Waals surface area contributed by atoms with Gasteiger partial charge in [0.25, 0.3) is 45.9 Å². The number of nitrogens with one attached hydrogen (secondary N) is 12. The number of fused-ring (bicyclic) bond motifs is 4. The first kappa shape index (κ1) is 102. The lowest BCUT2D eigenvalue weighted by Crippen LogP contribution is -2.50. The number of hydrogen-bond acceptors (Lipinski definition) is 28. The van der Waals surface area contributed by atoms with E-state index >= 15 is 0 Å². The quantitative estimate of drug-likeness (QED) is 0.0216. The van der Waals surface area contributed by atoms with E-state index < -0.39 is 24.4 Å². The van der Waals surface area contributed by atoms with E-state index in [-0.39, 0.29) is 117 Å². The molecule has 0 spiro atoms. The number of rotatable bonds is 28. The van der Waals surface area contributed by atoms with Gasteiger partial charge in [0.05, 0.1) is 140 Å². The third kappa shape index (κ3) is 21.7. The number of aromatic nitrogens is 12. The number of aliphatic hydroxyl groups is 4. The smallest absolute Gasteiger partial charge is 0.274 e. The highest BCUT2D eigenvalue weighted by Gasteiger charge is 2.40. The standard InChI is InChI=1S/4C26H34N6O4/c4*1-26(36-3)10-8-17(9-11-26)31-12-4-5-20(25(31)35)29-16-13-21-18(15-28-32(21)23(14-16)27-2)24(34)30-19-6-7-22(19)33/h4*4-5,12-15,17,19,22,27,29,33H,6-11H2,1-3H3,(H,30,34)/t2*17?,19?,22-,26?;2*17?,19-,22+,26?/m1110/s1. The Balaban J connectivity index is 0.000000132. The first-order valence-electron chi connectivity index (χ1n) is 50.1. The molecule has 40 heteroatoms. The zero-order chi connectivity index (χ0) is 102. The van der Waals surface area contributed by atoms with Crippen molar-refractivity contribution in [2.75, 3.05) is 99.2 Å². The van der Waals surface area contributed by atoms with Crippen molar-refractivity contribution in [2.45, 2.75) is 277 Å². The van der Waals surface area contributed by atoms with Crippen LogP contribution < -0.4 is 86.0 Å². The zero-order valence-electron chi connectivity index (χ0n) is 83.8. The average molecular weight is 1980 g/mol. The first-order chi connectivity index (χ1) is 69.3. The molecule has 0 aromatic carbocycles. The van der Waals surface area contributed by atoms with Crippen LogP contribution in [0.4, 0.5) is 68.8 Å². The number of carbonyl (C=O) groups excluding carboxylic acids is 4. The molecule has 8 atom stereocenters. The molecule has 40 nitrogen and oxygen atoms in total. The molecule has 0 radical (unpaired) electrons.